The van der Waals surface area contributed by atoms with Crippen LogP contribution in [-0.2, 0) is 26.2 Å². The number of amides is 2. The maximum absolute atomic E-state index is 13.7. The molecule has 1 N–H and O–H groups in total. The van der Waals surface area contributed by atoms with E-state index in [1.807, 2.05) is 38.1 Å². The summed E-state index contributed by atoms with van der Waals surface area (Å²) in [6, 6.07) is 11.5. The first kappa shape index (κ1) is 28.3. The van der Waals surface area contributed by atoms with Crippen LogP contribution in [0.3, 0.4) is 0 Å². The van der Waals surface area contributed by atoms with E-state index >= 15 is 0 Å². The van der Waals surface area contributed by atoms with Crippen LogP contribution in [0.5, 0.6) is 0 Å². The van der Waals surface area contributed by atoms with E-state index in [9.17, 15) is 18.0 Å². The molecule has 0 heterocycles. The standard InChI is InChI=1S/C26H33Cl2N3O4S/c1-4-23(26(33)29-21-7-5-6-8-21)30(16-19-11-9-18(2)10-12-19)25(32)17-31(36(3,34)35)24-15-20(27)13-14-22(24)28/h9-15,21,23H,4-8,16-17H2,1-3H3,(H,29,33). The van der Waals surface area contributed by atoms with E-state index in [0.29, 0.717) is 6.42 Å². The topological polar surface area (TPSA) is 86.8 Å². The second-order valence-corrected chi connectivity index (χ2v) is 12.0. The molecule has 196 valence electrons. The average molecular weight is 555 g/mol. The molecule has 1 saturated carbocycles. The molecule has 2 aromatic carbocycles. The molecule has 1 unspecified atom stereocenters. The molecule has 7 nitrogen and oxygen atoms in total. The third-order valence-electron chi connectivity index (χ3n) is 6.42. The number of halogens is 2. The van der Waals surface area contributed by atoms with Crippen molar-refractivity contribution in [2.75, 3.05) is 17.1 Å². The Kier molecular flexibility index (Phi) is 9.66. The van der Waals surface area contributed by atoms with Gasteiger partial charge in [0.2, 0.25) is 21.8 Å². The van der Waals surface area contributed by atoms with Crippen LogP contribution in [0.15, 0.2) is 42.5 Å². The van der Waals surface area contributed by atoms with Crippen LogP contribution in [0, 0.1) is 6.92 Å². The lowest BCUT2D eigenvalue weighted by Crippen LogP contribution is -2.53. The Hall–Kier alpha value is -2.29. The molecule has 10 heteroatoms. The lowest BCUT2D eigenvalue weighted by molar-refractivity contribution is -0.140. The summed E-state index contributed by atoms with van der Waals surface area (Å²) in [5, 5.41) is 3.52. The molecule has 36 heavy (non-hydrogen) atoms. The summed E-state index contributed by atoms with van der Waals surface area (Å²) in [5.74, 6) is -0.734. The maximum Gasteiger partial charge on any atom is 0.244 e. The monoisotopic (exact) mass is 553 g/mol. The first-order valence-corrected chi connectivity index (χ1v) is 14.7. The third kappa shape index (κ3) is 7.37. The number of hydrogen-bond donors (Lipinski definition) is 1. The molecule has 1 fully saturated rings. The Labute approximate surface area is 223 Å². The highest BCUT2D eigenvalue weighted by atomic mass is 35.5. The van der Waals surface area contributed by atoms with E-state index < -0.39 is 28.5 Å². The summed E-state index contributed by atoms with van der Waals surface area (Å²) < 4.78 is 26.4. The van der Waals surface area contributed by atoms with E-state index in [1.165, 1.54) is 17.0 Å². The lowest BCUT2D eigenvalue weighted by atomic mass is 10.1. The molecular formula is C26H33Cl2N3O4S. The summed E-state index contributed by atoms with van der Waals surface area (Å²) in [4.78, 5) is 28.5. The van der Waals surface area contributed by atoms with Crippen molar-refractivity contribution in [2.45, 2.75) is 64.6 Å². The summed E-state index contributed by atoms with van der Waals surface area (Å²) in [7, 11) is -3.89. The fourth-order valence-corrected chi connectivity index (χ4v) is 5.74. The second-order valence-electron chi connectivity index (χ2n) is 9.29. The molecular weight excluding hydrogens is 521 g/mol. The summed E-state index contributed by atoms with van der Waals surface area (Å²) in [6.45, 7) is 3.46. The molecule has 2 amide bonds. The smallest absolute Gasteiger partial charge is 0.244 e. The van der Waals surface area contributed by atoms with Crippen molar-refractivity contribution in [3.05, 3.63) is 63.6 Å². The van der Waals surface area contributed by atoms with E-state index in [4.69, 9.17) is 23.2 Å². The van der Waals surface area contributed by atoms with Gasteiger partial charge in [-0.3, -0.25) is 13.9 Å². The number of nitrogens with zero attached hydrogens (tertiary/aromatic N) is 2. The van der Waals surface area contributed by atoms with Crippen LogP contribution in [0.4, 0.5) is 5.69 Å². The van der Waals surface area contributed by atoms with Crippen LogP contribution in [0.2, 0.25) is 10.0 Å². The number of aryl methyl sites for hydroxylation is 1. The Balaban J connectivity index is 1.94. The molecule has 3 rings (SSSR count). The van der Waals surface area contributed by atoms with E-state index in [-0.39, 0.29) is 34.2 Å². The summed E-state index contributed by atoms with van der Waals surface area (Å²) >= 11 is 12.4. The van der Waals surface area contributed by atoms with Gasteiger partial charge in [0.1, 0.15) is 12.6 Å². The van der Waals surface area contributed by atoms with Crippen molar-refractivity contribution in [1.82, 2.24) is 10.2 Å². The van der Waals surface area contributed by atoms with Gasteiger partial charge in [0, 0.05) is 17.6 Å². The Morgan fingerprint density at radius 3 is 2.31 bits per heavy atom. The third-order valence-corrected chi connectivity index (χ3v) is 8.10. The van der Waals surface area contributed by atoms with Crippen LogP contribution < -0.4 is 9.62 Å². The molecule has 0 aromatic heterocycles. The first-order chi connectivity index (χ1) is 17.0. The highest BCUT2D eigenvalue weighted by Gasteiger charge is 2.33. The van der Waals surface area contributed by atoms with Crippen molar-refractivity contribution in [3.63, 3.8) is 0 Å². The minimum atomic E-state index is -3.89. The number of hydrogen-bond acceptors (Lipinski definition) is 4. The van der Waals surface area contributed by atoms with Crippen molar-refractivity contribution < 1.29 is 18.0 Å². The minimum absolute atomic E-state index is 0.0978. The SMILES string of the molecule is CCC(C(=O)NC1CCCC1)N(Cc1ccc(C)cc1)C(=O)CN(c1cc(Cl)ccc1Cl)S(C)(=O)=O. The predicted octanol–water partition coefficient (Wildman–Crippen LogP) is 4.93. The number of anilines is 1. The van der Waals surface area contributed by atoms with Gasteiger partial charge in [-0.15, -0.1) is 0 Å². The van der Waals surface area contributed by atoms with Crippen molar-refractivity contribution >= 4 is 50.7 Å². The highest BCUT2D eigenvalue weighted by Crippen LogP contribution is 2.31. The van der Waals surface area contributed by atoms with Crippen LogP contribution in [-0.4, -0.2) is 50.0 Å². The normalized spacial score (nSPS) is 14.9. The molecule has 0 aliphatic heterocycles. The zero-order valence-electron chi connectivity index (χ0n) is 20.8. The van der Waals surface area contributed by atoms with Gasteiger partial charge in [0.25, 0.3) is 0 Å². The first-order valence-electron chi connectivity index (χ1n) is 12.1. The van der Waals surface area contributed by atoms with Crippen molar-refractivity contribution in [2.24, 2.45) is 0 Å². The number of carbonyl (C=O) groups is 2. The van der Waals surface area contributed by atoms with Gasteiger partial charge < -0.3 is 10.2 Å². The molecule has 0 radical (unpaired) electrons. The molecule has 0 bridgehead atoms. The number of carbonyl (C=O) groups excluding carboxylic acids is 2. The second kappa shape index (κ2) is 12.3. The van der Waals surface area contributed by atoms with E-state index in [2.05, 4.69) is 5.32 Å². The van der Waals surface area contributed by atoms with Crippen LogP contribution in [0.25, 0.3) is 0 Å². The average Bonchev–Trinajstić information content (AvgIpc) is 3.32. The number of sulfonamides is 1. The number of nitrogens with one attached hydrogen (secondary N) is 1. The molecule has 0 saturated heterocycles. The fraction of sp³-hybridized carbons (Fsp3) is 0.462. The predicted molar refractivity (Wildman–Crippen MR) is 145 cm³/mol. The summed E-state index contributed by atoms with van der Waals surface area (Å²) in [6.07, 6.45) is 5.36. The fourth-order valence-electron chi connectivity index (χ4n) is 4.45. The van der Waals surface area contributed by atoms with Gasteiger partial charge >= 0.3 is 0 Å². The number of benzene rings is 2. The largest absolute Gasteiger partial charge is 0.352 e. The Bertz CT molecular complexity index is 1180. The number of rotatable bonds is 10. The quantitative estimate of drug-likeness (QED) is 0.451. The van der Waals surface area contributed by atoms with Crippen molar-refractivity contribution in [1.29, 1.82) is 0 Å². The van der Waals surface area contributed by atoms with Crippen LogP contribution in [0.1, 0.15) is 50.2 Å². The van der Waals surface area contributed by atoms with Crippen LogP contribution >= 0.6 is 23.2 Å². The minimum Gasteiger partial charge on any atom is -0.352 e. The molecule has 1 atom stereocenters. The Morgan fingerprint density at radius 1 is 1.08 bits per heavy atom. The lowest BCUT2D eigenvalue weighted by Gasteiger charge is -2.33. The van der Waals surface area contributed by atoms with Gasteiger partial charge in [-0.1, -0.05) is 72.8 Å². The van der Waals surface area contributed by atoms with Gasteiger partial charge in [-0.2, -0.15) is 0 Å². The van der Waals surface area contributed by atoms with Gasteiger partial charge in [-0.05, 0) is 49.9 Å². The molecule has 0 spiro atoms. The van der Waals surface area contributed by atoms with Crippen molar-refractivity contribution in [3.8, 4) is 0 Å². The van der Waals surface area contributed by atoms with Gasteiger partial charge in [-0.25, -0.2) is 8.42 Å². The van der Waals surface area contributed by atoms with Gasteiger partial charge in [0.05, 0.1) is 17.0 Å². The molecule has 1 aliphatic carbocycles. The zero-order valence-corrected chi connectivity index (χ0v) is 23.2. The zero-order chi connectivity index (χ0) is 26.5. The Morgan fingerprint density at radius 2 is 1.72 bits per heavy atom. The van der Waals surface area contributed by atoms with E-state index in [1.54, 1.807) is 6.07 Å². The summed E-state index contributed by atoms with van der Waals surface area (Å²) in [5.41, 5.74) is 2.02. The highest BCUT2D eigenvalue weighted by molar-refractivity contribution is 7.92. The van der Waals surface area contributed by atoms with Gasteiger partial charge in [0.15, 0.2) is 0 Å². The molecule has 2 aromatic rings. The maximum atomic E-state index is 13.7. The van der Waals surface area contributed by atoms with E-state index in [0.717, 1.165) is 47.4 Å². The molecule has 1 aliphatic rings.